The lowest BCUT2D eigenvalue weighted by Crippen LogP contribution is -2.13. The third kappa shape index (κ3) is 3.77. The second-order valence-electron chi connectivity index (χ2n) is 4.47. The van der Waals surface area contributed by atoms with Gasteiger partial charge in [0.1, 0.15) is 17.3 Å². The first-order valence-electron chi connectivity index (χ1n) is 6.54. The number of hydrogen-bond acceptors (Lipinski definition) is 4. The van der Waals surface area contributed by atoms with Crippen molar-refractivity contribution in [3.8, 4) is 11.5 Å². The van der Waals surface area contributed by atoms with E-state index in [4.69, 9.17) is 21.0 Å². The zero-order valence-electron chi connectivity index (χ0n) is 11.8. The van der Waals surface area contributed by atoms with Gasteiger partial charge in [-0.25, -0.2) is 0 Å². The molecule has 0 bridgehead atoms. The predicted octanol–water partition coefficient (Wildman–Crippen LogP) is 3.02. The zero-order chi connectivity index (χ0) is 15.2. The van der Waals surface area contributed by atoms with Gasteiger partial charge in [-0.15, -0.1) is 11.8 Å². The number of rotatable bonds is 6. The summed E-state index contributed by atoms with van der Waals surface area (Å²) < 4.78 is 5.85. The summed E-state index contributed by atoms with van der Waals surface area (Å²) in [7, 11) is 0. The van der Waals surface area contributed by atoms with Crippen LogP contribution in [-0.2, 0) is 6.42 Å². The Kier molecular flexibility index (Phi) is 5.25. The summed E-state index contributed by atoms with van der Waals surface area (Å²) in [5, 5.41) is 16.6. The van der Waals surface area contributed by atoms with Gasteiger partial charge in [0.25, 0.3) is 0 Å². The highest BCUT2D eigenvalue weighted by atomic mass is 32.2. The quantitative estimate of drug-likeness (QED) is 0.435. The van der Waals surface area contributed by atoms with E-state index in [1.165, 1.54) is 11.8 Å². The van der Waals surface area contributed by atoms with Crippen LogP contribution < -0.4 is 10.5 Å². The molecule has 0 aliphatic rings. The fraction of sp³-hybridized carbons (Fsp3) is 0.188. The van der Waals surface area contributed by atoms with Crippen LogP contribution in [0.3, 0.4) is 0 Å². The summed E-state index contributed by atoms with van der Waals surface area (Å²) in [6.45, 7) is 0.129. The first-order chi connectivity index (χ1) is 10.2. The van der Waals surface area contributed by atoms with Crippen LogP contribution in [0.1, 0.15) is 11.1 Å². The highest BCUT2D eigenvalue weighted by molar-refractivity contribution is 7.98. The number of aliphatic hydroxyl groups excluding tert-OH is 1. The van der Waals surface area contributed by atoms with Crippen molar-refractivity contribution in [1.29, 1.82) is 5.41 Å². The van der Waals surface area contributed by atoms with Gasteiger partial charge in [-0.1, -0.05) is 18.2 Å². The molecule has 2 aromatic rings. The minimum Gasteiger partial charge on any atom is -0.457 e. The zero-order valence-corrected chi connectivity index (χ0v) is 12.6. The Morgan fingerprint density at radius 2 is 1.95 bits per heavy atom. The van der Waals surface area contributed by atoms with E-state index in [-0.39, 0.29) is 12.4 Å². The summed E-state index contributed by atoms with van der Waals surface area (Å²) in [6, 6.07) is 13.1. The highest BCUT2D eigenvalue weighted by Crippen LogP contribution is 2.31. The van der Waals surface area contributed by atoms with Gasteiger partial charge in [0.15, 0.2) is 0 Å². The van der Waals surface area contributed by atoms with Crippen molar-refractivity contribution in [2.45, 2.75) is 11.3 Å². The number of benzene rings is 2. The van der Waals surface area contributed by atoms with Gasteiger partial charge in [0.05, 0.1) is 5.56 Å². The topological polar surface area (TPSA) is 79.3 Å². The summed E-state index contributed by atoms with van der Waals surface area (Å²) in [5.41, 5.74) is 7.34. The van der Waals surface area contributed by atoms with E-state index in [1.54, 1.807) is 6.07 Å². The lowest BCUT2D eigenvalue weighted by molar-refractivity contribution is 0.299. The van der Waals surface area contributed by atoms with Crippen molar-refractivity contribution in [3.05, 3.63) is 53.6 Å². The van der Waals surface area contributed by atoms with Crippen molar-refractivity contribution < 1.29 is 9.84 Å². The molecule has 4 N–H and O–H groups in total. The van der Waals surface area contributed by atoms with E-state index >= 15 is 0 Å². The van der Waals surface area contributed by atoms with Crippen molar-refractivity contribution in [1.82, 2.24) is 0 Å². The molecule has 2 rings (SSSR count). The van der Waals surface area contributed by atoms with Crippen LogP contribution in [0.25, 0.3) is 0 Å². The number of amidine groups is 1. The second-order valence-corrected chi connectivity index (χ2v) is 5.31. The third-order valence-electron chi connectivity index (χ3n) is 3.03. The Balaban J connectivity index is 2.28. The Morgan fingerprint density at radius 1 is 1.24 bits per heavy atom. The molecule has 5 heteroatoms. The van der Waals surface area contributed by atoms with E-state index in [2.05, 4.69) is 0 Å². The van der Waals surface area contributed by atoms with Crippen molar-refractivity contribution in [2.75, 3.05) is 12.9 Å². The molecule has 0 saturated heterocycles. The lowest BCUT2D eigenvalue weighted by atomic mass is 10.1. The van der Waals surface area contributed by atoms with E-state index in [0.717, 1.165) is 10.5 Å². The molecular formula is C16H18N2O2S. The molecule has 0 aliphatic carbocycles. The van der Waals surface area contributed by atoms with E-state index < -0.39 is 0 Å². The van der Waals surface area contributed by atoms with Gasteiger partial charge < -0.3 is 15.6 Å². The van der Waals surface area contributed by atoms with Gasteiger partial charge in [-0.3, -0.25) is 5.41 Å². The maximum absolute atomic E-state index is 8.91. The molecule has 21 heavy (non-hydrogen) atoms. The Morgan fingerprint density at radius 3 is 2.52 bits per heavy atom. The number of aliphatic hydroxyl groups is 1. The number of thioether (sulfide) groups is 1. The highest BCUT2D eigenvalue weighted by Gasteiger charge is 2.12. The largest absolute Gasteiger partial charge is 0.457 e. The second kappa shape index (κ2) is 7.15. The molecule has 110 valence electrons. The van der Waals surface area contributed by atoms with E-state index in [9.17, 15) is 0 Å². The molecule has 0 saturated carbocycles. The van der Waals surface area contributed by atoms with Crippen LogP contribution in [0, 0.1) is 5.41 Å². The molecule has 0 unspecified atom stereocenters. The molecule has 2 aromatic carbocycles. The Labute approximate surface area is 128 Å². The van der Waals surface area contributed by atoms with Gasteiger partial charge in [0, 0.05) is 11.5 Å². The SMILES string of the molecule is CSc1cccc(Oc2ccc(CCO)cc2)c1C(=N)N. The number of hydrogen-bond donors (Lipinski definition) is 3. The van der Waals surface area contributed by atoms with Crippen LogP contribution in [0.4, 0.5) is 0 Å². The fourth-order valence-corrected chi connectivity index (χ4v) is 2.64. The van der Waals surface area contributed by atoms with E-state index in [0.29, 0.717) is 23.5 Å². The van der Waals surface area contributed by atoms with Crippen LogP contribution >= 0.6 is 11.8 Å². The summed E-state index contributed by atoms with van der Waals surface area (Å²) in [4.78, 5) is 0.914. The molecule has 0 heterocycles. The molecule has 0 radical (unpaired) electrons. The van der Waals surface area contributed by atoms with E-state index in [1.807, 2.05) is 42.7 Å². The van der Waals surface area contributed by atoms with Crippen molar-refractivity contribution in [3.63, 3.8) is 0 Å². The summed E-state index contributed by atoms with van der Waals surface area (Å²) in [6.07, 6.45) is 2.57. The van der Waals surface area contributed by atoms with Gasteiger partial charge >= 0.3 is 0 Å². The standard InChI is InChI=1S/C16H18N2O2S/c1-21-14-4-2-3-13(15(14)16(17)18)20-12-7-5-11(6-8-12)9-10-19/h2-8,19H,9-10H2,1H3,(H3,17,18). The van der Waals surface area contributed by atoms with Crippen molar-refractivity contribution in [2.24, 2.45) is 5.73 Å². The average molecular weight is 302 g/mol. The smallest absolute Gasteiger partial charge is 0.139 e. The molecule has 0 fully saturated rings. The average Bonchev–Trinajstić information content (AvgIpc) is 2.49. The fourth-order valence-electron chi connectivity index (χ4n) is 2.01. The summed E-state index contributed by atoms with van der Waals surface area (Å²) in [5.74, 6) is 1.24. The minimum absolute atomic E-state index is 0.00755. The third-order valence-corrected chi connectivity index (χ3v) is 3.81. The normalized spacial score (nSPS) is 10.4. The molecule has 0 atom stereocenters. The number of nitrogens with two attached hydrogens (primary N) is 1. The van der Waals surface area contributed by atoms with Crippen molar-refractivity contribution >= 4 is 17.6 Å². The molecular weight excluding hydrogens is 284 g/mol. The van der Waals surface area contributed by atoms with Gasteiger partial charge in [-0.2, -0.15) is 0 Å². The predicted molar refractivity (Wildman–Crippen MR) is 86.5 cm³/mol. The van der Waals surface area contributed by atoms with Gasteiger partial charge in [0.2, 0.25) is 0 Å². The molecule has 0 aromatic heterocycles. The lowest BCUT2D eigenvalue weighted by Gasteiger charge is -2.13. The first kappa shape index (κ1) is 15.4. The number of nitrogens with one attached hydrogen (secondary N) is 1. The Bertz CT molecular complexity index is 627. The minimum atomic E-state index is -0.00755. The van der Waals surface area contributed by atoms with Crippen LogP contribution in [-0.4, -0.2) is 23.8 Å². The summed E-state index contributed by atoms with van der Waals surface area (Å²) >= 11 is 1.53. The van der Waals surface area contributed by atoms with Crippen LogP contribution in [0.2, 0.25) is 0 Å². The number of nitrogen functional groups attached to an aromatic ring is 1. The Hall–Kier alpha value is -1.98. The first-order valence-corrected chi connectivity index (χ1v) is 7.77. The monoisotopic (exact) mass is 302 g/mol. The maximum Gasteiger partial charge on any atom is 0.139 e. The number of ether oxygens (including phenoxy) is 1. The molecule has 0 spiro atoms. The maximum atomic E-state index is 8.91. The van der Waals surface area contributed by atoms with Crippen LogP contribution in [0.5, 0.6) is 11.5 Å². The molecule has 0 aliphatic heterocycles. The van der Waals surface area contributed by atoms with Crippen LogP contribution in [0.15, 0.2) is 47.4 Å². The molecule has 0 amide bonds. The molecule has 4 nitrogen and oxygen atoms in total. The van der Waals surface area contributed by atoms with Gasteiger partial charge in [-0.05, 0) is 42.5 Å².